The summed E-state index contributed by atoms with van der Waals surface area (Å²) in [7, 11) is 2.83. The number of rotatable bonds is 6. The van der Waals surface area contributed by atoms with Crippen molar-refractivity contribution in [2.45, 2.75) is 0 Å². The quantitative estimate of drug-likeness (QED) is 0.525. The standard InChI is InChI=1S/C21H17Cl2N3O5/c1-29-16-4-3-5-17(30-2)19(16)20(27)26-21(28)25-14-6-7-18(24-11-14)31-15-9-12(22)8-13(23)10-15/h3-11H,1-2H3,(H2,25,26,27,28). The number of carbonyl (C=O) groups excluding carboxylic acids is 2. The third-order valence-electron chi connectivity index (χ3n) is 3.93. The SMILES string of the molecule is COc1cccc(OC)c1C(=O)NC(=O)Nc1ccc(Oc2cc(Cl)cc(Cl)c2)nc1. The molecule has 0 aliphatic heterocycles. The molecule has 0 aliphatic carbocycles. The number of pyridine rings is 1. The number of benzene rings is 2. The predicted octanol–water partition coefficient (Wildman–Crippen LogP) is 5.16. The van der Waals surface area contributed by atoms with Gasteiger partial charge in [-0.15, -0.1) is 0 Å². The molecule has 0 aliphatic rings. The van der Waals surface area contributed by atoms with Crippen LogP contribution in [0, 0.1) is 0 Å². The molecule has 31 heavy (non-hydrogen) atoms. The zero-order chi connectivity index (χ0) is 22.4. The van der Waals surface area contributed by atoms with Crippen molar-refractivity contribution in [3.63, 3.8) is 0 Å². The normalized spacial score (nSPS) is 10.2. The zero-order valence-electron chi connectivity index (χ0n) is 16.4. The number of methoxy groups -OCH3 is 2. The Hall–Kier alpha value is -3.49. The van der Waals surface area contributed by atoms with Crippen LogP contribution in [-0.4, -0.2) is 31.1 Å². The van der Waals surface area contributed by atoms with Crippen LogP contribution in [0.2, 0.25) is 10.0 Å². The van der Waals surface area contributed by atoms with E-state index in [0.29, 0.717) is 21.5 Å². The van der Waals surface area contributed by atoms with Gasteiger partial charge in [0.2, 0.25) is 5.88 Å². The van der Waals surface area contributed by atoms with Gasteiger partial charge in [0.15, 0.2) is 0 Å². The number of anilines is 1. The van der Waals surface area contributed by atoms with E-state index < -0.39 is 11.9 Å². The summed E-state index contributed by atoms with van der Waals surface area (Å²) in [6.07, 6.45) is 1.37. The number of amides is 3. The van der Waals surface area contributed by atoms with E-state index in [1.807, 2.05) is 0 Å². The highest BCUT2D eigenvalue weighted by molar-refractivity contribution is 6.34. The Morgan fingerprint density at radius 1 is 0.935 bits per heavy atom. The molecule has 0 fully saturated rings. The third-order valence-corrected chi connectivity index (χ3v) is 4.37. The molecule has 0 spiro atoms. The summed E-state index contributed by atoms with van der Waals surface area (Å²) in [4.78, 5) is 28.9. The van der Waals surface area contributed by atoms with Crippen LogP contribution >= 0.6 is 23.2 Å². The van der Waals surface area contributed by atoms with Crippen molar-refractivity contribution in [1.82, 2.24) is 10.3 Å². The van der Waals surface area contributed by atoms with E-state index in [4.69, 9.17) is 37.4 Å². The largest absolute Gasteiger partial charge is 0.496 e. The van der Waals surface area contributed by atoms with E-state index in [2.05, 4.69) is 15.6 Å². The summed E-state index contributed by atoms with van der Waals surface area (Å²) < 4.78 is 15.9. The lowest BCUT2D eigenvalue weighted by Crippen LogP contribution is -2.34. The molecule has 0 radical (unpaired) electrons. The monoisotopic (exact) mass is 461 g/mol. The number of hydrogen-bond donors (Lipinski definition) is 2. The highest BCUT2D eigenvalue weighted by atomic mass is 35.5. The molecule has 8 nitrogen and oxygen atoms in total. The molecule has 3 rings (SSSR count). The van der Waals surface area contributed by atoms with Crippen molar-refractivity contribution in [2.75, 3.05) is 19.5 Å². The number of urea groups is 1. The maximum absolute atomic E-state index is 12.5. The van der Waals surface area contributed by atoms with Crippen LogP contribution in [0.4, 0.5) is 10.5 Å². The number of halogens is 2. The average molecular weight is 462 g/mol. The van der Waals surface area contributed by atoms with Crippen LogP contribution in [0.25, 0.3) is 0 Å². The molecule has 2 N–H and O–H groups in total. The van der Waals surface area contributed by atoms with Gasteiger partial charge in [-0.3, -0.25) is 10.1 Å². The lowest BCUT2D eigenvalue weighted by molar-refractivity contribution is 0.0961. The molecule has 0 bridgehead atoms. The summed E-state index contributed by atoms with van der Waals surface area (Å²) >= 11 is 11.9. The Labute approximate surface area is 188 Å². The summed E-state index contributed by atoms with van der Waals surface area (Å²) in [5.74, 6) is 0.541. The number of aromatic nitrogens is 1. The molecule has 0 unspecified atom stereocenters. The van der Waals surface area contributed by atoms with E-state index in [-0.39, 0.29) is 22.9 Å². The van der Waals surface area contributed by atoms with Gasteiger partial charge in [-0.2, -0.15) is 0 Å². The van der Waals surface area contributed by atoms with Gasteiger partial charge >= 0.3 is 6.03 Å². The molecule has 3 amide bonds. The fourth-order valence-corrected chi connectivity index (χ4v) is 3.13. The molecule has 2 aromatic carbocycles. The van der Waals surface area contributed by atoms with E-state index in [0.717, 1.165) is 0 Å². The molecule has 160 valence electrons. The molecular weight excluding hydrogens is 445 g/mol. The van der Waals surface area contributed by atoms with Gasteiger partial charge in [0.05, 0.1) is 26.1 Å². The molecular formula is C21H17Cl2N3O5. The molecule has 3 aromatic rings. The van der Waals surface area contributed by atoms with Gasteiger partial charge in [0, 0.05) is 16.1 Å². The topological polar surface area (TPSA) is 98.8 Å². The molecule has 1 aromatic heterocycles. The molecule has 0 saturated carbocycles. The summed E-state index contributed by atoms with van der Waals surface area (Å²) in [5.41, 5.74) is 0.443. The Morgan fingerprint density at radius 3 is 2.13 bits per heavy atom. The van der Waals surface area contributed by atoms with Crippen LogP contribution in [0.1, 0.15) is 10.4 Å². The van der Waals surface area contributed by atoms with Gasteiger partial charge in [-0.05, 0) is 36.4 Å². The summed E-state index contributed by atoms with van der Waals surface area (Å²) in [6.45, 7) is 0. The number of ether oxygens (including phenoxy) is 3. The first-order valence-electron chi connectivity index (χ1n) is 8.83. The first-order chi connectivity index (χ1) is 14.9. The van der Waals surface area contributed by atoms with E-state index in [1.165, 1.54) is 26.5 Å². The van der Waals surface area contributed by atoms with Crippen molar-refractivity contribution in [3.8, 4) is 23.1 Å². The third kappa shape index (κ3) is 5.78. The molecule has 10 heteroatoms. The second-order valence-corrected chi connectivity index (χ2v) is 6.91. The molecule has 1 heterocycles. The Morgan fingerprint density at radius 2 is 1.58 bits per heavy atom. The second kappa shape index (κ2) is 10.0. The Kier molecular flexibility index (Phi) is 7.17. The fraction of sp³-hybridized carbons (Fsp3) is 0.0952. The van der Waals surface area contributed by atoms with E-state index >= 15 is 0 Å². The highest BCUT2D eigenvalue weighted by Crippen LogP contribution is 2.29. The molecule has 0 saturated heterocycles. The smallest absolute Gasteiger partial charge is 0.326 e. The number of imide groups is 1. The number of nitrogens with one attached hydrogen (secondary N) is 2. The lowest BCUT2D eigenvalue weighted by Gasteiger charge is -2.13. The number of nitrogens with zero attached hydrogens (tertiary/aromatic N) is 1. The van der Waals surface area contributed by atoms with Crippen molar-refractivity contribution < 1.29 is 23.8 Å². The fourth-order valence-electron chi connectivity index (χ4n) is 2.63. The Bertz CT molecular complexity index is 1060. The van der Waals surface area contributed by atoms with Gasteiger partial charge < -0.3 is 19.5 Å². The van der Waals surface area contributed by atoms with Gasteiger partial charge in [0.25, 0.3) is 5.91 Å². The Balaban J connectivity index is 1.64. The van der Waals surface area contributed by atoms with Crippen molar-refractivity contribution in [2.24, 2.45) is 0 Å². The lowest BCUT2D eigenvalue weighted by atomic mass is 10.1. The van der Waals surface area contributed by atoms with Crippen LogP contribution in [-0.2, 0) is 0 Å². The summed E-state index contributed by atoms with van der Waals surface area (Å²) in [6, 6.07) is 11.9. The van der Waals surface area contributed by atoms with Crippen molar-refractivity contribution in [1.29, 1.82) is 0 Å². The first kappa shape index (κ1) is 22.2. The average Bonchev–Trinajstić information content (AvgIpc) is 2.73. The van der Waals surface area contributed by atoms with Gasteiger partial charge in [0.1, 0.15) is 22.8 Å². The van der Waals surface area contributed by atoms with Crippen LogP contribution in [0.3, 0.4) is 0 Å². The van der Waals surface area contributed by atoms with E-state index in [1.54, 1.807) is 42.5 Å². The van der Waals surface area contributed by atoms with Crippen LogP contribution in [0.15, 0.2) is 54.7 Å². The minimum atomic E-state index is -0.755. The second-order valence-electron chi connectivity index (χ2n) is 6.04. The van der Waals surface area contributed by atoms with Crippen molar-refractivity contribution >= 4 is 40.8 Å². The van der Waals surface area contributed by atoms with Gasteiger partial charge in [-0.25, -0.2) is 9.78 Å². The maximum Gasteiger partial charge on any atom is 0.326 e. The summed E-state index contributed by atoms with van der Waals surface area (Å²) in [5, 5.41) is 5.59. The number of hydrogen-bond acceptors (Lipinski definition) is 6. The number of carbonyl (C=O) groups is 2. The predicted molar refractivity (Wildman–Crippen MR) is 117 cm³/mol. The minimum absolute atomic E-state index is 0.102. The van der Waals surface area contributed by atoms with Crippen LogP contribution in [0.5, 0.6) is 23.1 Å². The molecule has 0 atom stereocenters. The van der Waals surface area contributed by atoms with Gasteiger partial charge in [-0.1, -0.05) is 29.3 Å². The van der Waals surface area contributed by atoms with Crippen molar-refractivity contribution in [3.05, 3.63) is 70.3 Å². The van der Waals surface area contributed by atoms with E-state index in [9.17, 15) is 9.59 Å². The van der Waals surface area contributed by atoms with Crippen LogP contribution < -0.4 is 24.8 Å². The minimum Gasteiger partial charge on any atom is -0.496 e. The maximum atomic E-state index is 12.5. The first-order valence-corrected chi connectivity index (χ1v) is 9.58. The highest BCUT2D eigenvalue weighted by Gasteiger charge is 2.20. The zero-order valence-corrected chi connectivity index (χ0v) is 18.0.